The Balaban J connectivity index is 0.000000148. The van der Waals surface area contributed by atoms with E-state index in [1.165, 1.54) is 33.3 Å². The molecule has 0 saturated heterocycles. The third-order valence-corrected chi connectivity index (χ3v) is 10.8. The number of fused-ring (bicyclic) bond motifs is 8. The van der Waals surface area contributed by atoms with Gasteiger partial charge < -0.3 is 48.2 Å². The first kappa shape index (κ1) is 34.9. The Bertz CT molecular complexity index is 2160. The van der Waals surface area contributed by atoms with E-state index in [-0.39, 0.29) is 26.0 Å². The molecule has 2 aliphatic carbocycles. The number of aromatic nitrogens is 4. The molecule has 4 aromatic heterocycles. The number of hydrogen-bond acceptors (Lipinski definition) is 10. The minimum absolute atomic E-state index is 0. The highest BCUT2D eigenvalue weighted by Gasteiger charge is 2.26. The van der Waals surface area contributed by atoms with Gasteiger partial charge in [-0.2, -0.15) is 0 Å². The van der Waals surface area contributed by atoms with Crippen molar-refractivity contribution in [3.63, 3.8) is 0 Å². The van der Waals surface area contributed by atoms with Gasteiger partial charge in [-0.1, -0.05) is 0 Å². The smallest absolute Gasteiger partial charge is 0.231 e. The summed E-state index contributed by atoms with van der Waals surface area (Å²) in [6.45, 7) is 0.556. The molecule has 0 amide bonds. The van der Waals surface area contributed by atoms with Crippen molar-refractivity contribution in [1.29, 1.82) is 0 Å². The average molecular weight is 739 g/mol. The predicted octanol–water partition coefficient (Wildman–Crippen LogP) is 7.52. The van der Waals surface area contributed by atoms with E-state index in [4.69, 9.17) is 38.4 Å². The molecule has 0 fully saturated rings. The van der Waals surface area contributed by atoms with E-state index >= 15 is 0 Å². The summed E-state index contributed by atoms with van der Waals surface area (Å²) in [5, 5.41) is 9.18. The second-order valence-corrected chi connectivity index (χ2v) is 13.7. The fraction of sp³-hybridized carbons (Fsp3) is 0.350. The minimum Gasteiger partial charge on any atom is -0.454 e. The van der Waals surface area contributed by atoms with Gasteiger partial charge in [0.1, 0.15) is 22.9 Å². The number of methoxy groups -OCH3 is 2. The number of halogens is 1. The van der Waals surface area contributed by atoms with Crippen molar-refractivity contribution in [2.75, 3.05) is 38.4 Å². The number of aryl methyl sites for hydroxylation is 2. The second kappa shape index (κ2) is 14.3. The summed E-state index contributed by atoms with van der Waals surface area (Å²) < 4.78 is 37.2. The summed E-state index contributed by atoms with van der Waals surface area (Å²) in [6, 6.07) is 20.0. The molecule has 2 aromatic carbocycles. The summed E-state index contributed by atoms with van der Waals surface area (Å²) >= 11 is 0. The van der Waals surface area contributed by atoms with E-state index in [2.05, 4.69) is 46.0 Å². The van der Waals surface area contributed by atoms with Gasteiger partial charge in [-0.05, 0) is 85.3 Å². The lowest BCUT2D eigenvalue weighted by atomic mass is 9.93. The molecular weight excluding hydrogens is 696 g/mol. The quantitative estimate of drug-likeness (QED) is 0.178. The van der Waals surface area contributed by atoms with Gasteiger partial charge in [-0.3, -0.25) is 0 Å². The highest BCUT2D eigenvalue weighted by Crippen LogP contribution is 2.38. The maximum absolute atomic E-state index is 5.58. The average Bonchev–Trinajstić information content (AvgIpc) is 3.96. The molecule has 0 bridgehead atoms. The lowest BCUT2D eigenvalue weighted by Crippen LogP contribution is -2.21. The SMILES string of the molecule is COC1CCc2c(c3ccc(Nc4ccc5c(c4)OCO5)nc3n2C)C1.COC1CCc2c(c3ccc(Nc4ccc5c(c4)OCO5)nc3n2C)C1.Cl. The van der Waals surface area contributed by atoms with Crippen LogP contribution in [0.15, 0.2) is 60.7 Å². The van der Waals surface area contributed by atoms with Crippen molar-refractivity contribution < 1.29 is 28.4 Å². The molecule has 6 aromatic rings. The van der Waals surface area contributed by atoms with Gasteiger partial charge in [0.2, 0.25) is 13.6 Å². The van der Waals surface area contributed by atoms with Crippen molar-refractivity contribution in [2.45, 2.75) is 50.7 Å². The lowest BCUT2D eigenvalue weighted by Gasteiger charge is -2.21. The van der Waals surface area contributed by atoms with Crippen LogP contribution in [0.25, 0.3) is 22.1 Å². The van der Waals surface area contributed by atoms with Crippen LogP contribution in [-0.4, -0.2) is 59.1 Å². The predicted molar refractivity (Wildman–Crippen MR) is 206 cm³/mol. The van der Waals surface area contributed by atoms with Crippen molar-refractivity contribution in [3.05, 3.63) is 83.2 Å². The molecular formula is C40H43ClN6O6. The van der Waals surface area contributed by atoms with Crippen LogP contribution < -0.4 is 29.6 Å². The summed E-state index contributed by atoms with van der Waals surface area (Å²) in [5.41, 5.74) is 9.39. The molecule has 6 heterocycles. The molecule has 12 nitrogen and oxygen atoms in total. The number of pyridine rings is 2. The Morgan fingerprint density at radius 2 is 1.04 bits per heavy atom. The number of anilines is 4. The van der Waals surface area contributed by atoms with Crippen LogP contribution in [0.2, 0.25) is 0 Å². The molecule has 0 spiro atoms. The second-order valence-electron chi connectivity index (χ2n) is 13.7. The van der Waals surface area contributed by atoms with Gasteiger partial charge in [0.25, 0.3) is 0 Å². The third-order valence-electron chi connectivity index (χ3n) is 10.8. The zero-order valence-electron chi connectivity index (χ0n) is 30.2. The van der Waals surface area contributed by atoms with Crippen molar-refractivity contribution in [1.82, 2.24) is 19.1 Å². The molecule has 2 unspecified atom stereocenters. The number of ether oxygens (including phenoxy) is 6. The standard InChI is InChI=1S/2C20H21N3O3.ClH/c2*1-23-16-6-4-13(24-2)10-15(16)14-5-8-19(22-20(14)23)21-12-3-7-17-18(9-12)26-11-25-17;/h2*3,5,7-9,13H,4,6,10-11H2,1-2H3,(H,21,22);1H. The van der Waals surface area contributed by atoms with Crippen LogP contribution in [0.4, 0.5) is 23.0 Å². The Labute approximate surface area is 313 Å². The molecule has 4 aliphatic rings. The molecule has 0 radical (unpaired) electrons. The van der Waals surface area contributed by atoms with E-state index in [9.17, 15) is 0 Å². The topological polar surface area (TPSA) is 115 Å². The van der Waals surface area contributed by atoms with Gasteiger partial charge in [0, 0.05) is 86.8 Å². The van der Waals surface area contributed by atoms with Crippen molar-refractivity contribution in [2.24, 2.45) is 14.1 Å². The summed E-state index contributed by atoms with van der Waals surface area (Å²) in [7, 11) is 7.80. The first-order chi connectivity index (χ1) is 25.4. The summed E-state index contributed by atoms with van der Waals surface area (Å²) in [6.07, 6.45) is 6.72. The van der Waals surface area contributed by atoms with Crippen LogP contribution in [0.1, 0.15) is 35.4 Å². The van der Waals surface area contributed by atoms with Gasteiger partial charge in [-0.25, -0.2) is 9.97 Å². The Hall–Kier alpha value is -5.17. The zero-order valence-corrected chi connectivity index (χ0v) is 31.0. The van der Waals surface area contributed by atoms with Crippen LogP contribution in [0.3, 0.4) is 0 Å². The van der Waals surface area contributed by atoms with Crippen LogP contribution in [0.5, 0.6) is 23.0 Å². The highest BCUT2D eigenvalue weighted by atomic mass is 35.5. The Kier molecular flexibility index (Phi) is 9.44. The number of benzene rings is 2. The summed E-state index contributed by atoms with van der Waals surface area (Å²) in [4.78, 5) is 9.72. The minimum atomic E-state index is 0. The molecule has 53 heavy (non-hydrogen) atoms. The number of nitrogens with zero attached hydrogens (tertiary/aromatic N) is 4. The largest absolute Gasteiger partial charge is 0.454 e. The molecule has 10 rings (SSSR count). The highest BCUT2D eigenvalue weighted by molar-refractivity contribution is 5.86. The third kappa shape index (κ3) is 6.45. The molecule has 2 N–H and O–H groups in total. The monoisotopic (exact) mass is 738 g/mol. The van der Waals surface area contributed by atoms with Gasteiger partial charge in [-0.15, -0.1) is 12.4 Å². The fourth-order valence-electron chi connectivity index (χ4n) is 7.98. The van der Waals surface area contributed by atoms with Crippen LogP contribution in [-0.2, 0) is 49.3 Å². The Morgan fingerprint density at radius 1 is 0.604 bits per heavy atom. The number of nitrogens with one attached hydrogen (secondary N) is 2. The lowest BCUT2D eigenvalue weighted by molar-refractivity contribution is 0.0907. The molecule has 2 atom stereocenters. The van der Waals surface area contributed by atoms with Gasteiger partial charge in [0.05, 0.1) is 12.2 Å². The molecule has 13 heteroatoms. The van der Waals surface area contributed by atoms with E-state index in [1.54, 1.807) is 14.2 Å². The van der Waals surface area contributed by atoms with Crippen molar-refractivity contribution in [3.8, 4) is 23.0 Å². The van der Waals surface area contributed by atoms with E-state index < -0.39 is 0 Å². The van der Waals surface area contributed by atoms with Crippen molar-refractivity contribution >= 4 is 57.5 Å². The normalized spacial score (nSPS) is 17.8. The Morgan fingerprint density at radius 3 is 1.47 bits per heavy atom. The maximum Gasteiger partial charge on any atom is 0.231 e. The molecule has 2 aliphatic heterocycles. The number of hydrogen-bond donors (Lipinski definition) is 2. The van der Waals surface area contributed by atoms with Gasteiger partial charge >= 0.3 is 0 Å². The zero-order chi connectivity index (χ0) is 35.3. The van der Waals surface area contributed by atoms with Crippen LogP contribution in [0, 0.1) is 0 Å². The van der Waals surface area contributed by atoms with Gasteiger partial charge in [0.15, 0.2) is 23.0 Å². The first-order valence-electron chi connectivity index (χ1n) is 17.8. The number of rotatable bonds is 6. The van der Waals surface area contributed by atoms with E-state index in [0.29, 0.717) is 12.2 Å². The van der Waals surface area contributed by atoms with E-state index in [1.807, 2.05) is 48.5 Å². The molecule has 276 valence electrons. The molecule has 0 saturated carbocycles. The fourth-order valence-corrected chi connectivity index (χ4v) is 7.98. The van der Waals surface area contributed by atoms with Crippen LogP contribution >= 0.6 is 12.4 Å². The first-order valence-corrected chi connectivity index (χ1v) is 17.8. The summed E-state index contributed by atoms with van der Waals surface area (Å²) in [5.74, 6) is 4.71. The maximum atomic E-state index is 5.58. The van der Waals surface area contributed by atoms with E-state index in [0.717, 1.165) is 95.8 Å².